The van der Waals surface area contributed by atoms with E-state index in [4.69, 9.17) is 14.3 Å². The Hall–Kier alpha value is -3.06. The minimum Gasteiger partial charge on any atom is -0.460 e. The Morgan fingerprint density at radius 3 is 2.90 bits per heavy atom. The number of hydrazone groups is 1. The molecule has 1 aromatic heterocycles. The molecule has 6 rings (SSSR count). The number of nitrogens with zero attached hydrogens (tertiary/aromatic N) is 2. The van der Waals surface area contributed by atoms with E-state index in [1.54, 1.807) is 5.01 Å². The zero-order valence-electron chi connectivity index (χ0n) is 15.5. The van der Waals surface area contributed by atoms with Crippen LogP contribution in [0.15, 0.2) is 68.6 Å². The molecule has 2 atom stereocenters. The first-order valence-corrected chi connectivity index (χ1v) is 10.2. The van der Waals surface area contributed by atoms with E-state index in [2.05, 4.69) is 21.2 Å². The number of nitrogens with one attached hydrogen (secondary N) is 1. The maximum atomic E-state index is 13.3. The molecule has 3 aliphatic heterocycles. The SMILES string of the molecule is Cc1ccc(C2=NN3C(C2)c2ccccc2OC32C(=O)Nc3ccc(Br)cc32)o1. The predicted octanol–water partition coefficient (Wildman–Crippen LogP) is 4.70. The molecule has 0 radical (unpaired) electrons. The molecule has 7 heteroatoms. The van der Waals surface area contributed by atoms with Crippen molar-refractivity contribution in [2.24, 2.45) is 5.10 Å². The van der Waals surface area contributed by atoms with E-state index in [1.807, 2.05) is 61.5 Å². The van der Waals surface area contributed by atoms with Gasteiger partial charge in [-0.15, -0.1) is 0 Å². The average molecular weight is 450 g/mol. The number of rotatable bonds is 1. The number of benzene rings is 2. The molecule has 6 nitrogen and oxygen atoms in total. The van der Waals surface area contributed by atoms with Crippen LogP contribution in [0.4, 0.5) is 5.69 Å². The maximum absolute atomic E-state index is 13.3. The van der Waals surface area contributed by atoms with Crippen molar-refractivity contribution < 1.29 is 13.9 Å². The molecule has 4 heterocycles. The molecule has 0 bridgehead atoms. The lowest BCUT2D eigenvalue weighted by molar-refractivity contribution is -0.161. The van der Waals surface area contributed by atoms with Gasteiger partial charge >= 0.3 is 5.72 Å². The van der Waals surface area contributed by atoms with Crippen molar-refractivity contribution in [3.63, 3.8) is 0 Å². The van der Waals surface area contributed by atoms with Crippen molar-refractivity contribution in [3.05, 3.63) is 81.7 Å². The minimum atomic E-state index is -1.36. The number of amides is 1. The summed E-state index contributed by atoms with van der Waals surface area (Å²) in [7, 11) is 0. The van der Waals surface area contributed by atoms with Gasteiger partial charge in [0.15, 0.2) is 0 Å². The minimum absolute atomic E-state index is 0.129. The van der Waals surface area contributed by atoms with Crippen LogP contribution < -0.4 is 10.1 Å². The normalized spacial score (nSPS) is 23.9. The molecule has 0 saturated heterocycles. The second-order valence-electron chi connectivity index (χ2n) is 7.45. The van der Waals surface area contributed by atoms with Crippen LogP contribution in [0.2, 0.25) is 0 Å². The topological polar surface area (TPSA) is 67.1 Å². The third-order valence-corrected chi connectivity index (χ3v) is 6.19. The van der Waals surface area contributed by atoms with E-state index in [9.17, 15) is 4.79 Å². The molecule has 3 aliphatic rings. The highest BCUT2D eigenvalue weighted by Gasteiger charge is 2.61. The monoisotopic (exact) mass is 449 g/mol. The van der Waals surface area contributed by atoms with Gasteiger partial charge in [-0.1, -0.05) is 34.1 Å². The van der Waals surface area contributed by atoms with Gasteiger partial charge in [0.25, 0.3) is 5.91 Å². The maximum Gasteiger partial charge on any atom is 0.306 e. The number of furan rings is 1. The van der Waals surface area contributed by atoms with Gasteiger partial charge < -0.3 is 14.5 Å². The van der Waals surface area contributed by atoms with Gasteiger partial charge in [0.2, 0.25) is 0 Å². The van der Waals surface area contributed by atoms with E-state index in [0.29, 0.717) is 12.2 Å². The molecule has 2 unspecified atom stereocenters. The lowest BCUT2D eigenvalue weighted by Gasteiger charge is -2.43. The van der Waals surface area contributed by atoms with Crippen molar-refractivity contribution in [1.82, 2.24) is 5.01 Å². The Morgan fingerprint density at radius 1 is 1.21 bits per heavy atom. The third kappa shape index (κ3) is 2.22. The molecule has 0 fully saturated rings. The Bertz CT molecular complexity index is 1220. The fourth-order valence-corrected chi connectivity index (χ4v) is 4.76. The van der Waals surface area contributed by atoms with Crippen molar-refractivity contribution in [1.29, 1.82) is 0 Å². The van der Waals surface area contributed by atoms with Crippen molar-refractivity contribution in [2.75, 3.05) is 5.32 Å². The Labute approximate surface area is 175 Å². The van der Waals surface area contributed by atoms with Gasteiger partial charge in [-0.3, -0.25) is 4.79 Å². The molecule has 1 amide bonds. The van der Waals surface area contributed by atoms with E-state index in [-0.39, 0.29) is 11.9 Å². The van der Waals surface area contributed by atoms with E-state index >= 15 is 0 Å². The summed E-state index contributed by atoms with van der Waals surface area (Å²) < 4.78 is 13.1. The summed E-state index contributed by atoms with van der Waals surface area (Å²) in [5.41, 5.74) is 1.93. The fraction of sp³-hybridized carbons (Fsp3) is 0.182. The predicted molar refractivity (Wildman–Crippen MR) is 111 cm³/mol. The van der Waals surface area contributed by atoms with Crippen LogP contribution in [0.1, 0.15) is 35.1 Å². The van der Waals surface area contributed by atoms with Crippen LogP contribution in [0.3, 0.4) is 0 Å². The van der Waals surface area contributed by atoms with Crippen LogP contribution in [-0.2, 0) is 10.5 Å². The van der Waals surface area contributed by atoms with Crippen LogP contribution >= 0.6 is 15.9 Å². The van der Waals surface area contributed by atoms with Gasteiger partial charge in [-0.2, -0.15) is 5.10 Å². The summed E-state index contributed by atoms with van der Waals surface area (Å²) in [6, 6.07) is 17.2. The Balaban J connectivity index is 1.59. The van der Waals surface area contributed by atoms with Crippen molar-refractivity contribution in [2.45, 2.75) is 25.1 Å². The van der Waals surface area contributed by atoms with Gasteiger partial charge in [0.1, 0.15) is 23.0 Å². The number of aryl methyl sites for hydroxylation is 1. The van der Waals surface area contributed by atoms with Gasteiger partial charge in [-0.05, 0) is 43.3 Å². The number of fused-ring (bicyclic) bond motifs is 6. The first kappa shape index (κ1) is 16.9. The number of para-hydroxylation sites is 1. The zero-order chi connectivity index (χ0) is 19.8. The number of hydrogen-bond acceptors (Lipinski definition) is 5. The smallest absolute Gasteiger partial charge is 0.306 e. The highest BCUT2D eigenvalue weighted by atomic mass is 79.9. The number of ether oxygens (including phenoxy) is 1. The Morgan fingerprint density at radius 2 is 2.07 bits per heavy atom. The first-order chi connectivity index (χ1) is 14.1. The molecule has 2 aromatic carbocycles. The average Bonchev–Trinajstić information content (AvgIpc) is 3.40. The summed E-state index contributed by atoms with van der Waals surface area (Å²) >= 11 is 3.53. The molecular formula is C22H16BrN3O3. The molecule has 1 N–H and O–H groups in total. The lowest BCUT2D eigenvalue weighted by Crippen LogP contribution is -2.55. The summed E-state index contributed by atoms with van der Waals surface area (Å²) in [6.07, 6.45) is 0.631. The molecule has 29 heavy (non-hydrogen) atoms. The molecule has 3 aromatic rings. The first-order valence-electron chi connectivity index (χ1n) is 9.39. The Kier molecular flexibility index (Phi) is 3.33. The third-order valence-electron chi connectivity index (χ3n) is 5.70. The van der Waals surface area contributed by atoms with Crippen LogP contribution in [-0.4, -0.2) is 16.6 Å². The largest absolute Gasteiger partial charge is 0.460 e. The summed E-state index contributed by atoms with van der Waals surface area (Å²) in [5, 5.41) is 9.63. The summed E-state index contributed by atoms with van der Waals surface area (Å²) in [5.74, 6) is 2.00. The van der Waals surface area contributed by atoms with E-state index in [0.717, 1.165) is 38.5 Å². The number of anilines is 1. The number of carbonyl (C=O) groups excluding carboxylic acids is 1. The van der Waals surface area contributed by atoms with Gasteiger partial charge in [-0.25, -0.2) is 5.01 Å². The second-order valence-corrected chi connectivity index (χ2v) is 8.37. The van der Waals surface area contributed by atoms with Gasteiger partial charge in [0, 0.05) is 16.5 Å². The quantitative estimate of drug-likeness (QED) is 0.584. The second kappa shape index (κ2) is 5.73. The van der Waals surface area contributed by atoms with E-state index < -0.39 is 5.72 Å². The lowest BCUT2D eigenvalue weighted by atomic mass is 9.93. The number of carbonyl (C=O) groups is 1. The number of halogens is 1. The molecular weight excluding hydrogens is 434 g/mol. The van der Waals surface area contributed by atoms with Gasteiger partial charge in [0.05, 0.1) is 17.3 Å². The molecule has 0 aliphatic carbocycles. The van der Waals surface area contributed by atoms with E-state index in [1.165, 1.54) is 0 Å². The van der Waals surface area contributed by atoms with Crippen LogP contribution in [0, 0.1) is 6.92 Å². The fourth-order valence-electron chi connectivity index (χ4n) is 4.40. The highest BCUT2D eigenvalue weighted by Crippen LogP contribution is 2.54. The molecule has 0 saturated carbocycles. The van der Waals surface area contributed by atoms with Crippen LogP contribution in [0.5, 0.6) is 5.75 Å². The number of hydrogen-bond donors (Lipinski definition) is 1. The highest BCUT2D eigenvalue weighted by molar-refractivity contribution is 9.10. The zero-order valence-corrected chi connectivity index (χ0v) is 17.1. The standard InChI is InChI=1S/C22H16BrN3O3/c1-12-6-9-20(28-12)17-11-18-14-4-2-3-5-19(14)29-22(26(18)25-17)15-10-13(23)7-8-16(15)24-21(22)27/h2-10,18H,11H2,1H3,(H,24,27). The van der Waals surface area contributed by atoms with Crippen molar-refractivity contribution in [3.8, 4) is 5.75 Å². The molecule has 1 spiro atoms. The van der Waals surface area contributed by atoms with Crippen LogP contribution in [0.25, 0.3) is 0 Å². The molecule has 144 valence electrons. The summed E-state index contributed by atoms with van der Waals surface area (Å²) in [4.78, 5) is 13.3. The van der Waals surface area contributed by atoms with Crippen molar-refractivity contribution >= 4 is 33.2 Å². The summed E-state index contributed by atoms with van der Waals surface area (Å²) in [6.45, 7) is 1.91.